The molecule has 4 unspecified atom stereocenters. The molecular weight excluding hydrogens is 1960 g/mol. The van der Waals surface area contributed by atoms with Crippen molar-refractivity contribution in [2.75, 3.05) is 78.5 Å². The Morgan fingerprint density at radius 2 is 0.309 bits per heavy atom. The van der Waals surface area contributed by atoms with Crippen LogP contribution in [-0.4, -0.2) is 109 Å². The molecule has 24 heteroatoms. The van der Waals surface area contributed by atoms with E-state index in [0.29, 0.717) is 86.9 Å². The first-order valence-corrected chi connectivity index (χ1v) is 46.5. The van der Waals surface area contributed by atoms with E-state index in [2.05, 4.69) is 372 Å². The Bertz CT molecular complexity index is 3860. The van der Waals surface area contributed by atoms with Gasteiger partial charge in [0.2, 0.25) is 0 Å². The van der Waals surface area contributed by atoms with Crippen LogP contribution in [0.5, 0.6) is 34.5 Å². The van der Waals surface area contributed by atoms with Gasteiger partial charge in [-0.2, -0.15) is 0 Å². The van der Waals surface area contributed by atoms with Gasteiger partial charge >= 0.3 is 98.9 Å². The fraction of sp³-hybridized carbons (Fsp3) is 0.625. The van der Waals surface area contributed by atoms with Crippen molar-refractivity contribution < 1.29 is 130 Å². The van der Waals surface area contributed by atoms with Crippen LogP contribution in [0.15, 0.2) is 72.8 Å². The second-order valence-corrected chi connectivity index (χ2v) is 48.3. The second kappa shape index (κ2) is 58.1. The molecule has 12 bridgehead atoms. The van der Waals surface area contributed by atoms with Crippen molar-refractivity contribution in [3.63, 3.8) is 0 Å². The largest absolute Gasteiger partial charge is 3.00 e. The Labute approximate surface area is 893 Å². The zero-order valence-electron chi connectivity index (χ0n) is 92.0. The summed E-state index contributed by atoms with van der Waals surface area (Å²) in [6, 6.07) is 25.8. The summed E-state index contributed by atoms with van der Waals surface area (Å²) in [6.07, 6.45) is 0. The molecular formula is C112H194N12Ni6O6+12. The number of hydrogen-bond donors (Lipinski definition) is 18. The molecule has 0 saturated carbocycles. The first-order valence-electron chi connectivity index (χ1n) is 46.5. The van der Waals surface area contributed by atoms with E-state index in [-0.39, 0.29) is 233 Å². The molecule has 0 amide bonds. The summed E-state index contributed by atoms with van der Waals surface area (Å²) in [5, 5.41) is 112. The fourth-order valence-corrected chi connectivity index (χ4v) is 16.2. The summed E-state index contributed by atoms with van der Waals surface area (Å²) >= 11 is 0. The van der Waals surface area contributed by atoms with E-state index >= 15 is 0 Å². The van der Waals surface area contributed by atoms with E-state index in [9.17, 15) is 30.6 Å². The third kappa shape index (κ3) is 43.5. The van der Waals surface area contributed by atoms with Crippen LogP contribution in [0, 0.1) is 77.0 Å². The van der Waals surface area contributed by atoms with Crippen LogP contribution in [0.3, 0.4) is 0 Å². The number of aromatic hydroxyl groups is 6. The van der Waals surface area contributed by atoms with Crippen molar-refractivity contribution in [1.82, 2.24) is 63.8 Å². The average molecular weight is 2160 g/mol. The number of phenols is 6. The van der Waals surface area contributed by atoms with E-state index in [1.807, 2.05) is 0 Å². The molecule has 6 aromatic carbocycles. The van der Waals surface area contributed by atoms with Crippen molar-refractivity contribution in [3.8, 4) is 34.5 Å². The van der Waals surface area contributed by atoms with Crippen LogP contribution in [0.2, 0.25) is 0 Å². The minimum Gasteiger partial charge on any atom is -0.507 e. The minimum absolute atomic E-state index is 0. The van der Waals surface area contributed by atoms with Crippen molar-refractivity contribution >= 4 is 0 Å². The van der Waals surface area contributed by atoms with Crippen molar-refractivity contribution in [2.45, 2.75) is 344 Å². The van der Waals surface area contributed by atoms with Gasteiger partial charge in [0, 0.05) is 222 Å². The molecule has 4 atom stereocenters. The van der Waals surface area contributed by atoms with Crippen LogP contribution in [0.4, 0.5) is 0 Å². The Hall–Kier alpha value is -3.40. The van der Waals surface area contributed by atoms with E-state index < -0.39 is 0 Å². The van der Waals surface area contributed by atoms with E-state index in [1.165, 1.54) is 33.4 Å². The molecule has 3 aliphatic rings. The molecule has 18 nitrogen and oxygen atoms in total. The zero-order chi connectivity index (χ0) is 93.3. The van der Waals surface area contributed by atoms with Crippen LogP contribution < -0.4 is 63.8 Å². The number of fused-ring (bicyclic) bond motifs is 12. The normalized spacial score (nSPS) is 19.9. The Morgan fingerprint density at radius 3 is 0.426 bits per heavy atom. The van der Waals surface area contributed by atoms with Gasteiger partial charge in [-0.3, -0.25) is 0 Å². The van der Waals surface area contributed by atoms with Crippen molar-refractivity contribution in [1.29, 1.82) is 0 Å². The van der Waals surface area contributed by atoms with Crippen LogP contribution >= 0.6 is 0 Å². The third-order valence-corrected chi connectivity index (χ3v) is 25.4. The SMILES string of the molecule is CC1(C)CNCc2cc(C(C)(C)C)cc(c2O)CNCC(C)(C)CNCc2cc(C(C)(C)C)cc(c2O)CNC1.CC1(C)CNCc2cc(C(C)(C)C)cc(c2O)CNCC(C)(C)CNCc2cc(C(C)(C)C)cc(c2O)CNC1.CC1NCC(C)(C)CNC(C)c2cc(C(C)(C)C)cc(c2O)C(C)NCC(C)(C)CNC(C)c2cc(C(C)(C)C)cc1c2O.[CH3-].[CH3-].[CH3-].[CH3-].[CH3-].[CH3-].[Ni+3].[Ni+3].[Ni+3].[Ni+3].[Ni+3].[Ni+3]. The molecule has 0 spiro atoms. The van der Waals surface area contributed by atoms with Crippen molar-refractivity contribution in [2.24, 2.45) is 32.5 Å². The summed E-state index contributed by atoms with van der Waals surface area (Å²) in [5.74, 6) is 2.31. The smallest absolute Gasteiger partial charge is 0.507 e. The summed E-state index contributed by atoms with van der Waals surface area (Å²) in [4.78, 5) is 0. The quantitative estimate of drug-likeness (QED) is 0.0498. The number of phenolic OH excluding ortho intramolecular Hbond substituents is 6. The number of hydrogen-bond acceptors (Lipinski definition) is 18. The number of nitrogens with one attached hydrogen (secondary N) is 12. The summed E-state index contributed by atoms with van der Waals surface area (Å²) < 4.78 is 0. The van der Waals surface area contributed by atoms with Gasteiger partial charge in [0.1, 0.15) is 34.5 Å². The molecule has 9 rings (SSSR count). The minimum atomic E-state index is -0.0706. The van der Waals surface area contributed by atoms with Gasteiger partial charge in [-0.1, -0.05) is 256 Å². The molecule has 0 fully saturated rings. The van der Waals surface area contributed by atoms with Gasteiger partial charge in [-0.15, -0.1) is 0 Å². The standard InChI is InChI=1S/C38H64N4O2.2C34H56N4O2.6CH3.6Ni/c1-23-29-15-27(35(5,6)7)16-30(33(29)43)24(2)41-21-38(13,14)22-42-26(4)32-18-28(36(8,9)10)17-31(34(32)44)25(3)40-20-37(11,12)19-39-23;2*1-31(2,3)27-11-23-15-35-19-33(7,8)21-37-17-25-13-28(32(4,5)6)14-26(30(25)40)18-38-22-34(9,10)20-36-16-24(12-27)29(23)39;;;;;;;;;;;;/h15-18,23-26,39-44H,19-22H2,1-14H3;2*11-14,35-40H,15-22H2,1-10H3;6*1H3;;;;;;/q;;;6*-1;6*+3. The predicted octanol–water partition coefficient (Wildman–Crippen LogP) is 22.4. The second-order valence-electron chi connectivity index (χ2n) is 48.3. The summed E-state index contributed by atoms with van der Waals surface area (Å²) in [6.45, 7) is 89.9. The van der Waals surface area contributed by atoms with Gasteiger partial charge in [0.25, 0.3) is 0 Å². The molecule has 6 radical (unpaired) electrons. The van der Waals surface area contributed by atoms with E-state index in [4.69, 9.17) is 0 Å². The Balaban J connectivity index is -0.000000447. The molecule has 136 heavy (non-hydrogen) atoms. The third-order valence-electron chi connectivity index (χ3n) is 25.4. The van der Waals surface area contributed by atoms with Gasteiger partial charge in [0.05, 0.1) is 0 Å². The Morgan fingerprint density at radius 1 is 0.199 bits per heavy atom. The molecule has 786 valence electrons. The van der Waals surface area contributed by atoms with Crippen LogP contribution in [0.1, 0.15) is 360 Å². The number of rotatable bonds is 0. The predicted molar refractivity (Wildman–Crippen MR) is 561 cm³/mol. The molecule has 18 N–H and O–H groups in total. The van der Waals surface area contributed by atoms with Gasteiger partial charge < -0.3 is 139 Å². The number of benzene rings is 6. The van der Waals surface area contributed by atoms with E-state index in [1.54, 1.807) is 0 Å². The first kappa shape index (κ1) is 143. The molecule has 0 aliphatic carbocycles. The maximum absolute atomic E-state index is 11.6. The molecule has 3 heterocycles. The average Bonchev–Trinajstić information content (AvgIpc) is 0.784. The van der Waals surface area contributed by atoms with Crippen LogP contribution in [-0.2, 0) is 184 Å². The maximum atomic E-state index is 11.6. The Kier molecular flexibility index (Phi) is 61.2. The van der Waals surface area contributed by atoms with Gasteiger partial charge in [0.15, 0.2) is 0 Å². The van der Waals surface area contributed by atoms with Gasteiger partial charge in [-0.05, 0) is 150 Å². The summed E-state index contributed by atoms with van der Waals surface area (Å²) in [7, 11) is 0. The van der Waals surface area contributed by atoms with E-state index in [0.717, 1.165) is 145 Å². The first-order chi connectivity index (χ1) is 56.8. The molecule has 6 aromatic rings. The summed E-state index contributed by atoms with van der Waals surface area (Å²) in [5.41, 5.74) is 18.4. The monoisotopic (exact) mass is 2150 g/mol. The maximum Gasteiger partial charge on any atom is 3.00 e. The topological polar surface area (TPSA) is 266 Å². The molecule has 0 aromatic heterocycles. The fourth-order valence-electron chi connectivity index (χ4n) is 16.2. The molecule has 3 aliphatic heterocycles. The molecule has 0 saturated heterocycles. The van der Waals surface area contributed by atoms with Crippen LogP contribution in [0.25, 0.3) is 0 Å². The van der Waals surface area contributed by atoms with Gasteiger partial charge in [-0.25, -0.2) is 0 Å². The zero-order valence-corrected chi connectivity index (χ0v) is 97.9. The van der Waals surface area contributed by atoms with Crippen molar-refractivity contribution in [3.05, 3.63) is 217 Å².